The number of alkyl halides is 4. The number of aliphatic hydroxyl groups is 1. The molecule has 1 aliphatic carbocycles. The molecular formula is C28H26ClF4N9O6S. The number of rotatable bonds is 9. The Hall–Kier alpha value is -4.69. The Balaban J connectivity index is 1.41. The summed E-state index contributed by atoms with van der Waals surface area (Å²) in [7, 11) is -3.38. The van der Waals surface area contributed by atoms with Gasteiger partial charge >= 0.3 is 11.9 Å². The molecule has 15 nitrogen and oxygen atoms in total. The van der Waals surface area contributed by atoms with Gasteiger partial charge in [-0.05, 0) is 36.4 Å². The number of hydrogen-bond acceptors (Lipinski definition) is 10. The molecule has 0 bridgehead atoms. The molecule has 3 aromatic heterocycles. The van der Waals surface area contributed by atoms with Crippen LogP contribution in [0.3, 0.4) is 0 Å². The molecule has 4 heterocycles. The highest BCUT2D eigenvalue weighted by molar-refractivity contribution is 7.91. The van der Waals surface area contributed by atoms with Crippen LogP contribution in [0.1, 0.15) is 33.2 Å². The molecule has 1 aliphatic heterocycles. The molecule has 2 amide bonds. The van der Waals surface area contributed by atoms with Crippen LogP contribution in [-0.2, 0) is 22.9 Å². The molecule has 2 N–H and O–H groups in total. The van der Waals surface area contributed by atoms with E-state index in [4.69, 9.17) is 11.6 Å². The maximum atomic E-state index is 13.7. The number of nitrogens with one attached hydrogen (secondary N) is 1. The Morgan fingerprint density at radius 3 is 2.41 bits per heavy atom. The van der Waals surface area contributed by atoms with Crippen molar-refractivity contribution in [3.05, 3.63) is 75.3 Å². The number of hydrogen-bond donors (Lipinski definition) is 2. The van der Waals surface area contributed by atoms with Crippen LogP contribution in [0.15, 0.2) is 47.4 Å². The standard InChI is InChI=1S/C28H26ClF4N9O6S/c29-16-5-3-15(4-6-16)22-38-41(27(46)40(22)13-20(43)28(31,32)33)14-21-36-24(26(45)39-8-10-49(47,48)11-9-39)42(37-21)23-17(2-1-7-34-23)25(44)35-19-12-18(19)30/h1-7,18-20,43H,8-14H2,(H,35,44)/t18-,19+,20-/m0/s1. The molecule has 2 aliphatic rings. The van der Waals surface area contributed by atoms with Crippen LogP contribution in [0.5, 0.6) is 0 Å². The molecule has 0 unspecified atom stereocenters. The van der Waals surface area contributed by atoms with E-state index in [9.17, 15) is 45.5 Å². The van der Waals surface area contributed by atoms with Gasteiger partial charge < -0.3 is 15.3 Å². The number of halogens is 5. The quantitative estimate of drug-likeness (QED) is 0.236. The van der Waals surface area contributed by atoms with E-state index in [1.165, 1.54) is 47.5 Å². The van der Waals surface area contributed by atoms with Crippen molar-refractivity contribution in [2.24, 2.45) is 0 Å². The maximum absolute atomic E-state index is 13.7. The SMILES string of the molecule is O=C(N[C@@H]1C[C@@H]1F)c1cccnc1-n1nc(Cn2nc(-c3ccc(Cl)cc3)n(C[C@H](O)C(F)(F)F)c2=O)nc1C(=O)N1CCS(=O)(=O)CC1. The number of aliphatic hydroxyl groups excluding tert-OH is 1. The first-order valence-corrected chi connectivity index (χ1v) is 16.9. The van der Waals surface area contributed by atoms with E-state index in [0.29, 0.717) is 9.59 Å². The van der Waals surface area contributed by atoms with E-state index >= 15 is 0 Å². The van der Waals surface area contributed by atoms with Crippen LogP contribution in [0.2, 0.25) is 5.02 Å². The summed E-state index contributed by atoms with van der Waals surface area (Å²) in [5.41, 5.74) is -0.998. The van der Waals surface area contributed by atoms with Gasteiger partial charge in [-0.15, -0.1) is 10.2 Å². The van der Waals surface area contributed by atoms with E-state index in [0.717, 1.165) is 9.36 Å². The van der Waals surface area contributed by atoms with Crippen molar-refractivity contribution in [1.82, 2.24) is 44.3 Å². The van der Waals surface area contributed by atoms with Crippen molar-refractivity contribution < 1.29 is 40.7 Å². The van der Waals surface area contributed by atoms with E-state index in [2.05, 4.69) is 25.5 Å². The van der Waals surface area contributed by atoms with E-state index in [1.807, 2.05) is 0 Å². The molecule has 2 fully saturated rings. The number of sulfone groups is 1. The normalized spacial score (nSPS) is 19.4. The maximum Gasteiger partial charge on any atom is 0.416 e. The van der Waals surface area contributed by atoms with Crippen molar-refractivity contribution in [3.8, 4) is 17.2 Å². The highest BCUT2D eigenvalue weighted by Gasteiger charge is 2.40. The van der Waals surface area contributed by atoms with Gasteiger partial charge in [-0.25, -0.2) is 32.3 Å². The highest BCUT2D eigenvalue weighted by atomic mass is 35.5. The summed E-state index contributed by atoms with van der Waals surface area (Å²) in [5.74, 6) is -3.26. The van der Waals surface area contributed by atoms with Gasteiger partial charge in [0.15, 0.2) is 33.4 Å². The van der Waals surface area contributed by atoms with Gasteiger partial charge in [0.2, 0.25) is 5.82 Å². The zero-order valence-electron chi connectivity index (χ0n) is 25.1. The van der Waals surface area contributed by atoms with Crippen molar-refractivity contribution in [3.63, 3.8) is 0 Å². The Kier molecular flexibility index (Phi) is 9.05. The van der Waals surface area contributed by atoms with E-state index in [-0.39, 0.29) is 59.6 Å². The average molecular weight is 728 g/mol. The molecular weight excluding hydrogens is 702 g/mol. The third kappa shape index (κ3) is 7.35. The largest absolute Gasteiger partial charge is 0.416 e. The lowest BCUT2D eigenvalue weighted by atomic mass is 10.2. The molecule has 1 saturated heterocycles. The third-order valence-corrected chi connectivity index (χ3v) is 9.65. The van der Waals surface area contributed by atoms with Crippen LogP contribution >= 0.6 is 11.6 Å². The number of nitrogens with zero attached hydrogens (tertiary/aromatic N) is 8. The van der Waals surface area contributed by atoms with Gasteiger partial charge in [-0.3, -0.25) is 14.2 Å². The average Bonchev–Trinajstić information content (AvgIpc) is 3.44. The molecule has 49 heavy (non-hydrogen) atoms. The number of pyridine rings is 1. The zero-order chi connectivity index (χ0) is 35.2. The lowest BCUT2D eigenvalue weighted by Gasteiger charge is -2.26. The van der Waals surface area contributed by atoms with Gasteiger partial charge in [0.05, 0.1) is 29.7 Å². The molecule has 1 aromatic carbocycles. The summed E-state index contributed by atoms with van der Waals surface area (Å²) in [6.07, 6.45) is -7.78. The molecule has 4 aromatic rings. The summed E-state index contributed by atoms with van der Waals surface area (Å²) >= 11 is 5.95. The first-order valence-electron chi connectivity index (χ1n) is 14.7. The molecule has 0 spiro atoms. The highest BCUT2D eigenvalue weighted by Crippen LogP contribution is 2.27. The second kappa shape index (κ2) is 13.0. The van der Waals surface area contributed by atoms with Crippen LogP contribution in [0.25, 0.3) is 17.2 Å². The minimum absolute atomic E-state index is 0.110. The topological polar surface area (TPSA) is 187 Å². The summed E-state index contributed by atoms with van der Waals surface area (Å²) < 4.78 is 79.8. The van der Waals surface area contributed by atoms with Crippen LogP contribution < -0.4 is 11.0 Å². The zero-order valence-corrected chi connectivity index (χ0v) is 26.7. The van der Waals surface area contributed by atoms with E-state index < -0.39 is 70.7 Å². The molecule has 0 radical (unpaired) electrons. The van der Waals surface area contributed by atoms with Gasteiger partial charge in [0.25, 0.3) is 11.8 Å². The Labute approximate surface area is 279 Å². The summed E-state index contributed by atoms with van der Waals surface area (Å²) in [6, 6.07) is 7.74. The van der Waals surface area contributed by atoms with Crippen LogP contribution in [0.4, 0.5) is 17.6 Å². The van der Waals surface area contributed by atoms with Gasteiger partial charge in [0.1, 0.15) is 12.7 Å². The van der Waals surface area contributed by atoms with Crippen LogP contribution in [-0.4, -0.2) is 113 Å². The third-order valence-electron chi connectivity index (χ3n) is 7.78. The number of amides is 2. The molecule has 3 atom stereocenters. The minimum Gasteiger partial charge on any atom is -0.382 e. The Bertz CT molecular complexity index is 2070. The summed E-state index contributed by atoms with van der Waals surface area (Å²) in [4.78, 5) is 49.9. The Morgan fingerprint density at radius 1 is 1.10 bits per heavy atom. The molecule has 21 heteroatoms. The van der Waals surface area contributed by atoms with Crippen molar-refractivity contribution in [2.45, 2.75) is 44.0 Å². The second-order valence-corrected chi connectivity index (χ2v) is 14.1. The first kappa shape index (κ1) is 34.2. The lowest BCUT2D eigenvalue weighted by Crippen LogP contribution is -2.44. The first-order chi connectivity index (χ1) is 23.1. The van der Waals surface area contributed by atoms with Crippen molar-refractivity contribution in [1.29, 1.82) is 0 Å². The van der Waals surface area contributed by atoms with Gasteiger partial charge in [-0.2, -0.15) is 17.9 Å². The summed E-state index contributed by atoms with van der Waals surface area (Å²) in [6.45, 7) is -2.14. The van der Waals surface area contributed by atoms with Gasteiger partial charge in [-0.1, -0.05) is 11.6 Å². The minimum atomic E-state index is -5.06. The number of carbonyl (C=O) groups is 2. The number of benzene rings is 1. The van der Waals surface area contributed by atoms with Crippen molar-refractivity contribution in [2.75, 3.05) is 24.6 Å². The molecule has 260 valence electrons. The fraction of sp³-hybridized carbons (Fsp3) is 0.393. The second-order valence-electron chi connectivity index (χ2n) is 11.4. The molecule has 1 saturated carbocycles. The fourth-order valence-electron chi connectivity index (χ4n) is 5.00. The lowest BCUT2D eigenvalue weighted by molar-refractivity contribution is -0.207. The molecule has 6 rings (SSSR count). The monoisotopic (exact) mass is 727 g/mol. The van der Waals surface area contributed by atoms with Crippen LogP contribution in [0, 0.1) is 0 Å². The number of carbonyl (C=O) groups excluding carboxylic acids is 2. The predicted octanol–water partition coefficient (Wildman–Crippen LogP) is 1.02. The smallest absolute Gasteiger partial charge is 0.382 e. The van der Waals surface area contributed by atoms with Crippen molar-refractivity contribution >= 4 is 33.3 Å². The van der Waals surface area contributed by atoms with Gasteiger partial charge in [0, 0.05) is 36.3 Å². The predicted molar refractivity (Wildman–Crippen MR) is 163 cm³/mol. The Morgan fingerprint density at radius 2 is 1.78 bits per heavy atom. The summed E-state index contributed by atoms with van der Waals surface area (Å²) in [5, 5.41) is 21.1. The van der Waals surface area contributed by atoms with E-state index in [1.54, 1.807) is 0 Å². The fourth-order valence-corrected chi connectivity index (χ4v) is 6.33. The number of aromatic nitrogens is 7.